The van der Waals surface area contributed by atoms with Crippen LogP contribution in [0, 0.1) is 0 Å². The number of hydrogen-bond acceptors (Lipinski definition) is 5. The largest absolute Gasteiger partial charge is 0.364 e. The van der Waals surface area contributed by atoms with Gasteiger partial charge in [-0.2, -0.15) is 0 Å². The molecule has 0 radical (unpaired) electrons. The summed E-state index contributed by atoms with van der Waals surface area (Å²) in [5, 5.41) is 7.63. The first-order valence-electron chi connectivity index (χ1n) is 6.27. The van der Waals surface area contributed by atoms with Crippen LogP contribution in [-0.2, 0) is 13.1 Å². The summed E-state index contributed by atoms with van der Waals surface area (Å²) >= 11 is 7.36. The fourth-order valence-electron chi connectivity index (χ4n) is 2.37. The van der Waals surface area contributed by atoms with Crippen LogP contribution in [0.2, 0.25) is 4.34 Å². The van der Waals surface area contributed by atoms with Crippen LogP contribution >= 0.6 is 23.1 Å². The van der Waals surface area contributed by atoms with E-state index in [-0.39, 0.29) is 0 Å². The Morgan fingerprint density at radius 2 is 2.32 bits per heavy atom. The number of halogens is 1. The summed E-state index contributed by atoms with van der Waals surface area (Å²) in [5.74, 6) is 0. The van der Waals surface area contributed by atoms with Gasteiger partial charge < -0.3 is 10.2 Å². The van der Waals surface area contributed by atoms with Gasteiger partial charge in [-0.15, -0.1) is 5.10 Å². The Balaban J connectivity index is 1.92. The van der Waals surface area contributed by atoms with Gasteiger partial charge in [0.2, 0.25) is 0 Å². The minimum Gasteiger partial charge on any atom is -0.364 e. The summed E-state index contributed by atoms with van der Waals surface area (Å²) in [6.07, 6.45) is 0. The van der Waals surface area contributed by atoms with Gasteiger partial charge in [0.1, 0.15) is 10.0 Å². The summed E-state index contributed by atoms with van der Waals surface area (Å²) in [7, 11) is 0. The van der Waals surface area contributed by atoms with Gasteiger partial charge in [0.15, 0.2) is 0 Å². The van der Waals surface area contributed by atoms with Gasteiger partial charge in [0.05, 0.1) is 6.54 Å². The van der Waals surface area contributed by atoms with Gasteiger partial charge in [0.25, 0.3) is 0 Å². The number of aromatic nitrogens is 2. The third-order valence-electron chi connectivity index (χ3n) is 3.32. The van der Waals surface area contributed by atoms with Crippen molar-refractivity contribution in [2.45, 2.75) is 26.1 Å². The lowest BCUT2D eigenvalue weighted by molar-refractivity contribution is 0.551. The van der Waals surface area contributed by atoms with Crippen molar-refractivity contribution in [1.82, 2.24) is 14.9 Å². The molecule has 0 spiro atoms. The quantitative estimate of drug-likeness (QED) is 0.924. The fourth-order valence-corrected chi connectivity index (χ4v) is 2.98. The highest BCUT2D eigenvalue weighted by Crippen LogP contribution is 2.27. The molecule has 0 amide bonds. The molecule has 1 aliphatic rings. The summed E-state index contributed by atoms with van der Waals surface area (Å²) < 4.78 is 4.59. The van der Waals surface area contributed by atoms with E-state index in [2.05, 4.69) is 51.0 Å². The Labute approximate surface area is 121 Å². The summed E-state index contributed by atoms with van der Waals surface area (Å²) in [5.41, 5.74) is 3.42. The third kappa shape index (κ3) is 2.73. The van der Waals surface area contributed by atoms with Crippen LogP contribution in [-0.4, -0.2) is 22.2 Å². The molecule has 1 N–H and O–H groups in total. The molecule has 2 aromatic rings. The Morgan fingerprint density at radius 3 is 3.11 bits per heavy atom. The molecular weight excluding hydrogens is 280 g/mol. The fraction of sp³-hybridized carbons (Fsp3) is 0.385. The van der Waals surface area contributed by atoms with Crippen LogP contribution in [0.25, 0.3) is 0 Å². The average molecular weight is 295 g/mol. The number of anilines is 1. The van der Waals surface area contributed by atoms with Crippen molar-refractivity contribution in [3.63, 3.8) is 0 Å². The molecule has 4 nitrogen and oxygen atoms in total. The van der Waals surface area contributed by atoms with Gasteiger partial charge in [-0.05, 0) is 18.6 Å². The van der Waals surface area contributed by atoms with Crippen LogP contribution in [0.1, 0.15) is 18.2 Å². The van der Waals surface area contributed by atoms with Crippen LogP contribution in [0.15, 0.2) is 24.3 Å². The minimum absolute atomic E-state index is 0.428. The van der Waals surface area contributed by atoms with Gasteiger partial charge in [-0.3, -0.25) is 0 Å². The first-order valence-corrected chi connectivity index (χ1v) is 7.42. The van der Waals surface area contributed by atoms with Crippen molar-refractivity contribution >= 4 is 28.8 Å². The minimum atomic E-state index is 0.428. The monoisotopic (exact) mass is 294 g/mol. The van der Waals surface area contributed by atoms with E-state index in [1.165, 1.54) is 22.8 Å². The van der Waals surface area contributed by atoms with E-state index >= 15 is 0 Å². The number of para-hydroxylation sites is 1. The maximum absolute atomic E-state index is 6.11. The summed E-state index contributed by atoms with van der Waals surface area (Å²) in [6, 6.07) is 8.89. The van der Waals surface area contributed by atoms with Crippen molar-refractivity contribution in [1.29, 1.82) is 0 Å². The van der Waals surface area contributed by atoms with Crippen LogP contribution in [0.3, 0.4) is 0 Å². The highest BCUT2D eigenvalue weighted by atomic mass is 35.5. The maximum atomic E-state index is 6.11. The molecule has 100 valence electrons. The zero-order valence-electron chi connectivity index (χ0n) is 10.6. The molecule has 1 atom stereocenters. The van der Waals surface area contributed by atoms with Crippen LogP contribution < -0.4 is 10.2 Å². The molecule has 0 aliphatic carbocycles. The second kappa shape index (κ2) is 5.45. The topological polar surface area (TPSA) is 41.1 Å². The van der Waals surface area contributed by atoms with E-state index in [0.29, 0.717) is 16.9 Å². The smallest absolute Gasteiger partial charge is 0.139 e. The van der Waals surface area contributed by atoms with E-state index in [0.717, 1.165) is 18.8 Å². The molecular formula is C13H15ClN4S. The van der Waals surface area contributed by atoms with E-state index in [1.807, 2.05) is 0 Å². The van der Waals surface area contributed by atoms with Gasteiger partial charge >= 0.3 is 0 Å². The number of benzene rings is 1. The molecule has 1 aromatic carbocycles. The zero-order valence-corrected chi connectivity index (χ0v) is 12.2. The molecule has 19 heavy (non-hydrogen) atoms. The molecule has 0 saturated carbocycles. The standard InChI is InChI=1S/C13H15ClN4S/c1-9-7-18(8-11-13(14)19-17-16-11)12-5-3-2-4-10(12)6-15-9/h2-5,9,15H,6-8H2,1H3. The van der Waals surface area contributed by atoms with Crippen molar-refractivity contribution < 1.29 is 0 Å². The number of nitrogens with zero attached hydrogens (tertiary/aromatic N) is 3. The average Bonchev–Trinajstić information content (AvgIpc) is 2.73. The molecule has 3 rings (SSSR count). The third-order valence-corrected chi connectivity index (χ3v) is 4.30. The lowest BCUT2D eigenvalue weighted by Crippen LogP contribution is -2.35. The van der Waals surface area contributed by atoms with E-state index in [4.69, 9.17) is 11.6 Å². The molecule has 0 saturated heterocycles. The molecule has 0 bridgehead atoms. The van der Waals surface area contributed by atoms with Crippen molar-refractivity contribution in [2.75, 3.05) is 11.4 Å². The zero-order chi connectivity index (χ0) is 13.2. The second-order valence-corrected chi connectivity index (χ2v) is 6.14. The van der Waals surface area contributed by atoms with Crippen molar-refractivity contribution in [3.8, 4) is 0 Å². The molecule has 0 fully saturated rings. The van der Waals surface area contributed by atoms with E-state index in [9.17, 15) is 0 Å². The number of hydrogen-bond donors (Lipinski definition) is 1. The molecule has 6 heteroatoms. The van der Waals surface area contributed by atoms with Gasteiger partial charge in [-0.25, -0.2) is 0 Å². The molecule has 1 aromatic heterocycles. The molecule has 2 heterocycles. The normalized spacial score (nSPS) is 19.1. The Kier molecular flexibility index (Phi) is 3.68. The first-order chi connectivity index (χ1) is 9.24. The van der Waals surface area contributed by atoms with Crippen molar-refractivity contribution in [2.24, 2.45) is 0 Å². The number of rotatable bonds is 2. The molecule has 1 unspecified atom stereocenters. The number of fused-ring (bicyclic) bond motifs is 1. The highest BCUT2D eigenvalue weighted by Gasteiger charge is 2.20. The van der Waals surface area contributed by atoms with E-state index in [1.54, 1.807) is 0 Å². The van der Waals surface area contributed by atoms with Crippen LogP contribution in [0.4, 0.5) is 5.69 Å². The lowest BCUT2D eigenvalue weighted by Gasteiger charge is -2.25. The predicted octanol–water partition coefficient (Wildman–Crippen LogP) is 2.69. The SMILES string of the molecule is CC1CN(Cc2nnsc2Cl)c2ccccc2CN1. The first kappa shape index (κ1) is 12.8. The predicted molar refractivity (Wildman–Crippen MR) is 78.7 cm³/mol. The molecule has 1 aliphatic heterocycles. The summed E-state index contributed by atoms with van der Waals surface area (Å²) in [4.78, 5) is 2.32. The lowest BCUT2D eigenvalue weighted by atomic mass is 10.1. The van der Waals surface area contributed by atoms with Crippen LogP contribution in [0.5, 0.6) is 0 Å². The number of nitrogens with one attached hydrogen (secondary N) is 1. The van der Waals surface area contributed by atoms with Gasteiger partial charge in [0, 0.05) is 36.4 Å². The Bertz CT molecular complexity index is 571. The van der Waals surface area contributed by atoms with E-state index < -0.39 is 0 Å². The Hall–Kier alpha value is -1.17. The van der Waals surface area contributed by atoms with Crippen molar-refractivity contribution in [3.05, 3.63) is 39.9 Å². The summed E-state index contributed by atoms with van der Waals surface area (Å²) in [6.45, 7) is 4.74. The second-order valence-electron chi connectivity index (χ2n) is 4.78. The highest BCUT2D eigenvalue weighted by molar-refractivity contribution is 7.10. The van der Waals surface area contributed by atoms with Gasteiger partial charge in [-0.1, -0.05) is 34.3 Å². The Morgan fingerprint density at radius 1 is 1.47 bits per heavy atom. The maximum Gasteiger partial charge on any atom is 0.139 e.